The van der Waals surface area contributed by atoms with Gasteiger partial charge >= 0.3 is 0 Å². The van der Waals surface area contributed by atoms with E-state index in [-0.39, 0.29) is 11.3 Å². The van der Waals surface area contributed by atoms with Gasteiger partial charge in [0.15, 0.2) is 0 Å². The molecule has 3 rings (SSSR count). The highest BCUT2D eigenvalue weighted by atomic mass is 16.2. The summed E-state index contributed by atoms with van der Waals surface area (Å²) >= 11 is 0. The highest BCUT2D eigenvalue weighted by Crippen LogP contribution is 2.45. The van der Waals surface area contributed by atoms with Gasteiger partial charge in [0.25, 0.3) is 0 Å². The van der Waals surface area contributed by atoms with Crippen molar-refractivity contribution in [2.75, 3.05) is 6.54 Å². The first-order valence-electron chi connectivity index (χ1n) is 6.22. The number of carbonyl (C=O) groups is 1. The van der Waals surface area contributed by atoms with E-state index in [1.54, 1.807) is 0 Å². The normalized spacial score (nSPS) is 40.5. The first-order valence-corrected chi connectivity index (χ1v) is 6.22. The average molecular weight is 208 g/mol. The molecular formula is C12H20N2O. The van der Waals surface area contributed by atoms with Crippen molar-refractivity contribution >= 4 is 5.91 Å². The van der Waals surface area contributed by atoms with Crippen LogP contribution in [0.5, 0.6) is 0 Å². The second kappa shape index (κ2) is 3.21. The van der Waals surface area contributed by atoms with Crippen molar-refractivity contribution in [1.29, 1.82) is 0 Å². The molecule has 1 aliphatic carbocycles. The summed E-state index contributed by atoms with van der Waals surface area (Å²) in [6.45, 7) is 2.96. The minimum absolute atomic E-state index is 0.00888. The van der Waals surface area contributed by atoms with Crippen LogP contribution in [0.25, 0.3) is 0 Å². The Kier molecular flexibility index (Phi) is 2.06. The highest BCUT2D eigenvalue weighted by molar-refractivity contribution is 5.84. The predicted octanol–water partition coefficient (Wildman–Crippen LogP) is 1.04. The molecule has 2 saturated heterocycles. The third-order valence-corrected chi connectivity index (χ3v) is 4.51. The average Bonchev–Trinajstić information content (AvgIpc) is 2.72. The smallest absolute Gasteiger partial charge is 0.225 e. The molecular weight excluding hydrogens is 188 g/mol. The van der Waals surface area contributed by atoms with Gasteiger partial charge in [-0.3, -0.25) is 4.79 Å². The lowest BCUT2D eigenvalue weighted by Crippen LogP contribution is -2.38. The van der Waals surface area contributed by atoms with Crippen molar-refractivity contribution in [2.45, 2.75) is 51.1 Å². The third-order valence-electron chi connectivity index (χ3n) is 4.51. The topological polar surface area (TPSA) is 41.1 Å². The number of carbonyl (C=O) groups excluding carboxylic acids is 1. The van der Waals surface area contributed by atoms with Crippen LogP contribution in [0.4, 0.5) is 0 Å². The molecule has 3 fully saturated rings. The van der Waals surface area contributed by atoms with Crippen LogP contribution in [0.15, 0.2) is 0 Å². The van der Waals surface area contributed by atoms with Crippen molar-refractivity contribution in [3.05, 3.63) is 0 Å². The molecule has 0 aromatic carbocycles. The molecule has 0 aromatic rings. The van der Waals surface area contributed by atoms with Gasteiger partial charge in [0, 0.05) is 24.0 Å². The van der Waals surface area contributed by atoms with Crippen LogP contribution in [-0.4, -0.2) is 24.5 Å². The van der Waals surface area contributed by atoms with Crippen molar-refractivity contribution < 1.29 is 4.79 Å². The summed E-state index contributed by atoms with van der Waals surface area (Å²) < 4.78 is 0. The molecule has 2 N–H and O–H groups in total. The molecule has 1 amide bonds. The van der Waals surface area contributed by atoms with Gasteiger partial charge in [-0.15, -0.1) is 0 Å². The maximum atomic E-state index is 11.8. The van der Waals surface area contributed by atoms with Crippen LogP contribution in [0.3, 0.4) is 0 Å². The molecule has 0 aromatic heterocycles. The molecule has 3 nitrogen and oxygen atoms in total. The SMILES string of the molecule is CC1(C(=O)NCC2CC3CCC2N3)CC1. The summed E-state index contributed by atoms with van der Waals surface area (Å²) in [7, 11) is 0. The van der Waals surface area contributed by atoms with Gasteiger partial charge < -0.3 is 10.6 Å². The van der Waals surface area contributed by atoms with Gasteiger partial charge in [0.1, 0.15) is 0 Å². The molecule has 0 spiro atoms. The zero-order chi connectivity index (χ0) is 10.5. The molecule has 84 valence electrons. The molecule has 0 radical (unpaired) electrons. The minimum Gasteiger partial charge on any atom is -0.355 e. The zero-order valence-corrected chi connectivity index (χ0v) is 9.38. The fourth-order valence-corrected chi connectivity index (χ4v) is 3.01. The van der Waals surface area contributed by atoms with Crippen molar-refractivity contribution in [3.63, 3.8) is 0 Å². The molecule has 2 aliphatic heterocycles. The second-order valence-electron chi connectivity index (χ2n) is 5.81. The number of rotatable bonds is 3. The van der Waals surface area contributed by atoms with Crippen LogP contribution in [0.1, 0.15) is 39.0 Å². The molecule has 2 bridgehead atoms. The highest BCUT2D eigenvalue weighted by Gasteiger charge is 2.45. The minimum atomic E-state index is -0.00888. The summed E-state index contributed by atoms with van der Waals surface area (Å²) in [5.74, 6) is 0.973. The van der Waals surface area contributed by atoms with E-state index < -0.39 is 0 Å². The fourth-order valence-electron chi connectivity index (χ4n) is 3.01. The number of fused-ring (bicyclic) bond motifs is 2. The zero-order valence-electron chi connectivity index (χ0n) is 9.38. The molecule has 2 heterocycles. The van der Waals surface area contributed by atoms with Crippen molar-refractivity contribution in [3.8, 4) is 0 Å². The van der Waals surface area contributed by atoms with Crippen LogP contribution in [0.2, 0.25) is 0 Å². The quantitative estimate of drug-likeness (QED) is 0.727. The summed E-state index contributed by atoms with van der Waals surface area (Å²) in [4.78, 5) is 11.8. The van der Waals surface area contributed by atoms with Crippen molar-refractivity contribution in [1.82, 2.24) is 10.6 Å². The third kappa shape index (κ3) is 1.67. The summed E-state index contributed by atoms with van der Waals surface area (Å²) in [5.41, 5.74) is -0.00888. The Morgan fingerprint density at radius 3 is 2.80 bits per heavy atom. The summed E-state index contributed by atoms with van der Waals surface area (Å²) in [5, 5.41) is 6.74. The maximum Gasteiger partial charge on any atom is 0.225 e. The van der Waals surface area contributed by atoms with Crippen LogP contribution >= 0.6 is 0 Å². The molecule has 15 heavy (non-hydrogen) atoms. The van der Waals surface area contributed by atoms with Gasteiger partial charge in [-0.05, 0) is 38.0 Å². The Balaban J connectivity index is 1.48. The van der Waals surface area contributed by atoms with Gasteiger partial charge in [0.05, 0.1) is 0 Å². The lowest BCUT2D eigenvalue weighted by atomic mass is 9.89. The van der Waals surface area contributed by atoms with E-state index in [4.69, 9.17) is 0 Å². The second-order valence-corrected chi connectivity index (χ2v) is 5.81. The fraction of sp³-hybridized carbons (Fsp3) is 0.917. The molecule has 3 aliphatic rings. The monoisotopic (exact) mass is 208 g/mol. The van der Waals surface area contributed by atoms with E-state index in [9.17, 15) is 4.79 Å². The first-order chi connectivity index (χ1) is 7.17. The maximum absolute atomic E-state index is 11.8. The Morgan fingerprint density at radius 1 is 1.47 bits per heavy atom. The number of hydrogen-bond donors (Lipinski definition) is 2. The van der Waals surface area contributed by atoms with Gasteiger partial charge in [-0.2, -0.15) is 0 Å². The molecule has 3 unspecified atom stereocenters. The van der Waals surface area contributed by atoms with E-state index in [0.717, 1.165) is 25.4 Å². The van der Waals surface area contributed by atoms with Crippen LogP contribution < -0.4 is 10.6 Å². The Hall–Kier alpha value is -0.570. The van der Waals surface area contributed by atoms with E-state index >= 15 is 0 Å². The van der Waals surface area contributed by atoms with Gasteiger partial charge in [-0.1, -0.05) is 6.92 Å². The molecule has 3 atom stereocenters. The molecule has 1 saturated carbocycles. The summed E-state index contributed by atoms with van der Waals surface area (Å²) in [6, 6.07) is 1.43. The van der Waals surface area contributed by atoms with Gasteiger partial charge in [0.2, 0.25) is 5.91 Å². The van der Waals surface area contributed by atoms with E-state index in [1.165, 1.54) is 19.3 Å². The van der Waals surface area contributed by atoms with Crippen LogP contribution in [0, 0.1) is 11.3 Å². The number of hydrogen-bond acceptors (Lipinski definition) is 2. The molecule has 3 heteroatoms. The first kappa shape index (κ1) is 9.64. The Labute approximate surface area is 91.0 Å². The van der Waals surface area contributed by atoms with Gasteiger partial charge in [-0.25, -0.2) is 0 Å². The van der Waals surface area contributed by atoms with Crippen molar-refractivity contribution in [2.24, 2.45) is 11.3 Å². The van der Waals surface area contributed by atoms with E-state index in [0.29, 0.717) is 12.0 Å². The lowest BCUT2D eigenvalue weighted by molar-refractivity contribution is -0.125. The predicted molar refractivity (Wildman–Crippen MR) is 58.4 cm³/mol. The van der Waals surface area contributed by atoms with E-state index in [2.05, 4.69) is 17.6 Å². The Bertz CT molecular complexity index is 285. The number of amides is 1. The van der Waals surface area contributed by atoms with E-state index in [1.807, 2.05) is 0 Å². The number of nitrogens with one attached hydrogen (secondary N) is 2. The summed E-state index contributed by atoms with van der Waals surface area (Å²) in [6.07, 6.45) is 6.07. The standard InChI is InChI=1S/C12H20N2O/c1-12(4-5-12)11(15)13-7-8-6-9-2-3-10(8)14-9/h8-10,14H,2-7H2,1H3,(H,13,15). The largest absolute Gasteiger partial charge is 0.355 e. The Morgan fingerprint density at radius 2 is 2.27 bits per heavy atom. The lowest BCUT2D eigenvalue weighted by Gasteiger charge is -2.21. The van der Waals surface area contributed by atoms with Crippen LogP contribution in [-0.2, 0) is 4.79 Å².